The Bertz CT molecular complexity index is 587. The van der Waals surface area contributed by atoms with Gasteiger partial charge >= 0.3 is 0 Å². The van der Waals surface area contributed by atoms with E-state index < -0.39 is 0 Å². The molecule has 0 aliphatic carbocycles. The van der Waals surface area contributed by atoms with Gasteiger partial charge in [-0.05, 0) is 42.7 Å². The van der Waals surface area contributed by atoms with Crippen molar-refractivity contribution in [3.05, 3.63) is 59.2 Å². The van der Waals surface area contributed by atoms with Crippen molar-refractivity contribution in [2.45, 2.75) is 13.8 Å². The van der Waals surface area contributed by atoms with E-state index in [0.717, 1.165) is 11.1 Å². The van der Waals surface area contributed by atoms with Gasteiger partial charge in [0.15, 0.2) is 0 Å². The molecule has 0 heterocycles. The van der Waals surface area contributed by atoms with E-state index in [1.165, 1.54) is 23.8 Å². The fourth-order valence-corrected chi connectivity index (χ4v) is 2.08. The average Bonchev–Trinajstić information content (AvgIpc) is 2.38. The molecule has 2 aromatic carbocycles. The van der Waals surface area contributed by atoms with Crippen molar-refractivity contribution in [3.63, 3.8) is 0 Å². The molecule has 0 spiro atoms. The fourth-order valence-electron chi connectivity index (χ4n) is 2.08. The van der Waals surface area contributed by atoms with Crippen LogP contribution in [0.25, 0.3) is 11.1 Å². The van der Waals surface area contributed by atoms with Crippen LogP contribution in [-0.4, -0.2) is 13.0 Å². The Morgan fingerprint density at radius 3 is 2.50 bits per heavy atom. The van der Waals surface area contributed by atoms with Crippen LogP contribution in [-0.2, 0) is 4.74 Å². The lowest BCUT2D eigenvalue weighted by Crippen LogP contribution is -2.01. The van der Waals surface area contributed by atoms with E-state index in [1.54, 1.807) is 0 Å². The lowest BCUT2D eigenvalue weighted by atomic mass is 9.97. The fraction of sp³-hybridized carbons (Fsp3) is 0.188. The zero-order valence-electron chi connectivity index (χ0n) is 10.9. The number of hydrogen-bond acceptors (Lipinski definition) is 2. The van der Waals surface area contributed by atoms with E-state index in [2.05, 4.69) is 38.1 Å². The van der Waals surface area contributed by atoms with Gasteiger partial charge in [0.05, 0.1) is 7.11 Å². The number of ether oxygens (including phenoxy) is 1. The first-order chi connectivity index (χ1) is 8.61. The normalized spacial score (nSPS) is 10.2. The molecule has 1 N–H and O–H groups in total. The number of aryl methyl sites for hydroxylation is 2. The first-order valence-electron chi connectivity index (χ1n) is 5.92. The molecule has 2 aromatic rings. The van der Waals surface area contributed by atoms with Crippen molar-refractivity contribution in [2.24, 2.45) is 0 Å². The summed E-state index contributed by atoms with van der Waals surface area (Å²) < 4.78 is 4.96. The van der Waals surface area contributed by atoms with Crippen molar-refractivity contribution in [1.82, 2.24) is 0 Å². The summed E-state index contributed by atoms with van der Waals surface area (Å²) in [6.45, 7) is 4.20. The van der Waals surface area contributed by atoms with Crippen molar-refractivity contribution in [3.8, 4) is 11.1 Å². The largest absolute Gasteiger partial charge is 0.481 e. The maximum absolute atomic E-state index is 7.70. The van der Waals surface area contributed by atoms with Gasteiger partial charge in [-0.15, -0.1) is 0 Å². The predicted octanol–water partition coefficient (Wildman–Crippen LogP) is 3.94. The standard InChI is InChI=1S/C16H17NO/c1-11-7-8-15(12(2)9-11)13-5-4-6-14(10-13)16(17)18-3/h4-10,17H,1-3H3. The van der Waals surface area contributed by atoms with Gasteiger partial charge in [0, 0.05) is 5.56 Å². The second-order valence-electron chi connectivity index (χ2n) is 4.43. The summed E-state index contributed by atoms with van der Waals surface area (Å²) in [7, 11) is 1.52. The molecule has 0 atom stereocenters. The maximum Gasteiger partial charge on any atom is 0.212 e. The summed E-state index contributed by atoms with van der Waals surface area (Å²) in [5.41, 5.74) is 5.63. The predicted molar refractivity (Wildman–Crippen MR) is 75.2 cm³/mol. The Kier molecular flexibility index (Phi) is 3.47. The van der Waals surface area contributed by atoms with E-state index in [-0.39, 0.29) is 5.90 Å². The van der Waals surface area contributed by atoms with Crippen molar-refractivity contribution < 1.29 is 4.74 Å². The third-order valence-corrected chi connectivity index (χ3v) is 3.02. The Hall–Kier alpha value is -2.09. The molecular formula is C16H17NO. The van der Waals surface area contributed by atoms with Crippen LogP contribution in [0.1, 0.15) is 16.7 Å². The summed E-state index contributed by atoms with van der Waals surface area (Å²) in [6, 6.07) is 14.3. The van der Waals surface area contributed by atoms with Gasteiger partial charge in [-0.1, -0.05) is 35.9 Å². The van der Waals surface area contributed by atoms with Crippen LogP contribution >= 0.6 is 0 Å². The van der Waals surface area contributed by atoms with E-state index in [0.29, 0.717) is 0 Å². The number of benzene rings is 2. The van der Waals surface area contributed by atoms with Gasteiger partial charge in [-0.3, -0.25) is 5.41 Å². The van der Waals surface area contributed by atoms with Crippen LogP contribution in [0.5, 0.6) is 0 Å². The van der Waals surface area contributed by atoms with Gasteiger partial charge < -0.3 is 4.74 Å². The van der Waals surface area contributed by atoms with E-state index in [4.69, 9.17) is 10.1 Å². The second-order valence-corrected chi connectivity index (χ2v) is 4.43. The van der Waals surface area contributed by atoms with Crippen molar-refractivity contribution in [2.75, 3.05) is 7.11 Å². The Balaban J connectivity index is 2.48. The SMILES string of the molecule is COC(=N)c1cccc(-c2ccc(C)cc2C)c1. The van der Waals surface area contributed by atoms with Gasteiger partial charge in [0.1, 0.15) is 0 Å². The second kappa shape index (κ2) is 5.05. The molecule has 0 aliphatic heterocycles. The van der Waals surface area contributed by atoms with Gasteiger partial charge in [0.25, 0.3) is 0 Å². The highest BCUT2D eigenvalue weighted by Gasteiger charge is 2.05. The van der Waals surface area contributed by atoms with E-state index >= 15 is 0 Å². The molecule has 0 amide bonds. The minimum absolute atomic E-state index is 0.196. The highest BCUT2D eigenvalue weighted by molar-refractivity contribution is 5.93. The third-order valence-electron chi connectivity index (χ3n) is 3.02. The van der Waals surface area contributed by atoms with Crippen molar-refractivity contribution >= 4 is 5.90 Å². The van der Waals surface area contributed by atoms with Crippen molar-refractivity contribution in [1.29, 1.82) is 5.41 Å². The Labute approximate surface area is 108 Å². The van der Waals surface area contributed by atoms with Crippen LogP contribution in [0.2, 0.25) is 0 Å². The topological polar surface area (TPSA) is 33.1 Å². The summed E-state index contributed by atoms with van der Waals surface area (Å²) in [5, 5.41) is 7.70. The molecule has 2 nitrogen and oxygen atoms in total. The van der Waals surface area contributed by atoms with Gasteiger partial charge in [-0.2, -0.15) is 0 Å². The zero-order valence-corrected chi connectivity index (χ0v) is 10.9. The molecule has 0 fully saturated rings. The molecule has 2 rings (SSSR count). The van der Waals surface area contributed by atoms with Crippen LogP contribution in [0.3, 0.4) is 0 Å². The van der Waals surface area contributed by atoms with Crippen LogP contribution in [0.4, 0.5) is 0 Å². The Morgan fingerprint density at radius 1 is 1.06 bits per heavy atom. The molecular weight excluding hydrogens is 222 g/mol. The molecule has 0 aromatic heterocycles. The van der Waals surface area contributed by atoms with Crippen LogP contribution in [0, 0.1) is 19.3 Å². The molecule has 0 aliphatic rings. The molecule has 92 valence electrons. The number of nitrogens with one attached hydrogen (secondary N) is 1. The molecule has 0 bridgehead atoms. The Morgan fingerprint density at radius 2 is 1.83 bits per heavy atom. The molecule has 0 radical (unpaired) electrons. The molecule has 2 heteroatoms. The lowest BCUT2D eigenvalue weighted by molar-refractivity contribution is 0.401. The monoisotopic (exact) mass is 239 g/mol. The quantitative estimate of drug-likeness (QED) is 0.625. The number of hydrogen-bond donors (Lipinski definition) is 1. The minimum Gasteiger partial charge on any atom is -0.481 e. The van der Waals surface area contributed by atoms with Gasteiger partial charge in [-0.25, -0.2) is 0 Å². The van der Waals surface area contributed by atoms with E-state index in [1.807, 2.05) is 18.2 Å². The summed E-state index contributed by atoms with van der Waals surface area (Å²) in [4.78, 5) is 0. The van der Waals surface area contributed by atoms with Crippen LogP contribution < -0.4 is 0 Å². The average molecular weight is 239 g/mol. The lowest BCUT2D eigenvalue weighted by Gasteiger charge is -2.09. The molecule has 18 heavy (non-hydrogen) atoms. The number of methoxy groups -OCH3 is 1. The number of rotatable bonds is 2. The smallest absolute Gasteiger partial charge is 0.212 e. The van der Waals surface area contributed by atoms with Gasteiger partial charge in [0.2, 0.25) is 5.90 Å². The highest BCUT2D eigenvalue weighted by Crippen LogP contribution is 2.25. The maximum atomic E-state index is 7.70. The minimum atomic E-state index is 0.196. The zero-order chi connectivity index (χ0) is 13.1. The van der Waals surface area contributed by atoms with Crippen LogP contribution in [0.15, 0.2) is 42.5 Å². The summed E-state index contributed by atoms with van der Waals surface area (Å²) >= 11 is 0. The summed E-state index contributed by atoms with van der Waals surface area (Å²) in [6.07, 6.45) is 0. The highest BCUT2D eigenvalue weighted by atomic mass is 16.5. The molecule has 0 unspecified atom stereocenters. The molecule has 0 saturated heterocycles. The molecule has 0 saturated carbocycles. The third kappa shape index (κ3) is 2.43. The first kappa shape index (κ1) is 12.4. The first-order valence-corrected chi connectivity index (χ1v) is 5.92. The summed E-state index contributed by atoms with van der Waals surface area (Å²) in [5.74, 6) is 0.196. The van der Waals surface area contributed by atoms with E-state index in [9.17, 15) is 0 Å².